The molecule has 1 N–H and O–H groups in total. The monoisotopic (exact) mass is 253 g/mol. The molecule has 94 valence electrons. The maximum Gasteiger partial charge on any atom is 0.0716 e. The minimum Gasteiger partial charge on any atom is -0.377 e. The van der Waals surface area contributed by atoms with Gasteiger partial charge in [0, 0.05) is 17.7 Å². The third-order valence-electron chi connectivity index (χ3n) is 3.21. The summed E-state index contributed by atoms with van der Waals surface area (Å²) >= 11 is 5.83. The lowest BCUT2D eigenvalue weighted by atomic mass is 10.0. The van der Waals surface area contributed by atoms with Crippen molar-refractivity contribution in [2.24, 2.45) is 0 Å². The Morgan fingerprint density at radius 2 is 2.06 bits per heavy atom. The summed E-state index contributed by atoms with van der Waals surface area (Å²) in [4.78, 5) is 0. The molecule has 17 heavy (non-hydrogen) atoms. The van der Waals surface area contributed by atoms with E-state index in [9.17, 15) is 0 Å². The van der Waals surface area contributed by atoms with Crippen LogP contribution >= 0.6 is 11.6 Å². The van der Waals surface area contributed by atoms with Crippen molar-refractivity contribution in [3.63, 3.8) is 0 Å². The van der Waals surface area contributed by atoms with Crippen molar-refractivity contribution in [3.05, 3.63) is 34.9 Å². The molecule has 0 bridgehead atoms. The Labute approximate surface area is 108 Å². The van der Waals surface area contributed by atoms with E-state index >= 15 is 0 Å². The van der Waals surface area contributed by atoms with Gasteiger partial charge < -0.3 is 10.1 Å². The highest BCUT2D eigenvalue weighted by Crippen LogP contribution is 2.12. The smallest absolute Gasteiger partial charge is 0.0716 e. The van der Waals surface area contributed by atoms with E-state index < -0.39 is 0 Å². The molecule has 2 nitrogen and oxygen atoms in total. The Kier molecular flexibility index (Phi) is 5.30. The SMILES string of the molecule is Clc1ccc(COCCC2CCCCN2)cc1. The molecule has 1 aliphatic heterocycles. The van der Waals surface area contributed by atoms with Crippen molar-refractivity contribution in [3.8, 4) is 0 Å². The molecule has 0 saturated carbocycles. The molecule has 0 spiro atoms. The van der Waals surface area contributed by atoms with Crippen LogP contribution in [-0.4, -0.2) is 19.2 Å². The fourth-order valence-corrected chi connectivity index (χ4v) is 2.29. The first-order chi connectivity index (χ1) is 8.34. The molecule has 0 aromatic heterocycles. The second-order valence-electron chi connectivity index (χ2n) is 4.61. The van der Waals surface area contributed by atoms with Crippen molar-refractivity contribution in [1.29, 1.82) is 0 Å². The number of hydrogen-bond donors (Lipinski definition) is 1. The zero-order chi connectivity index (χ0) is 11.9. The third-order valence-corrected chi connectivity index (χ3v) is 3.46. The molecule has 1 unspecified atom stereocenters. The zero-order valence-corrected chi connectivity index (χ0v) is 10.9. The predicted molar refractivity (Wildman–Crippen MR) is 71.4 cm³/mol. The lowest BCUT2D eigenvalue weighted by Crippen LogP contribution is -2.34. The van der Waals surface area contributed by atoms with Gasteiger partial charge in [-0.15, -0.1) is 0 Å². The van der Waals surface area contributed by atoms with Crippen LogP contribution in [0.15, 0.2) is 24.3 Å². The van der Waals surface area contributed by atoms with Gasteiger partial charge in [-0.05, 0) is 43.5 Å². The maximum absolute atomic E-state index is 5.83. The summed E-state index contributed by atoms with van der Waals surface area (Å²) in [5.41, 5.74) is 1.19. The fraction of sp³-hybridized carbons (Fsp3) is 0.571. The Balaban J connectivity index is 1.60. The molecule has 0 amide bonds. The summed E-state index contributed by atoms with van der Waals surface area (Å²) in [5, 5.41) is 4.31. The van der Waals surface area contributed by atoms with Gasteiger partial charge in [0.25, 0.3) is 0 Å². The van der Waals surface area contributed by atoms with E-state index in [1.54, 1.807) is 0 Å². The molecule has 1 aliphatic rings. The van der Waals surface area contributed by atoms with E-state index in [2.05, 4.69) is 5.32 Å². The summed E-state index contributed by atoms with van der Waals surface area (Å²) in [6.45, 7) is 2.69. The van der Waals surface area contributed by atoms with Gasteiger partial charge in [-0.1, -0.05) is 30.2 Å². The van der Waals surface area contributed by atoms with Crippen LogP contribution in [0, 0.1) is 0 Å². The summed E-state index contributed by atoms with van der Waals surface area (Å²) in [7, 11) is 0. The van der Waals surface area contributed by atoms with Crippen LogP contribution in [0.5, 0.6) is 0 Å². The van der Waals surface area contributed by atoms with Crippen molar-refractivity contribution in [2.45, 2.75) is 38.3 Å². The highest BCUT2D eigenvalue weighted by Gasteiger charge is 2.11. The number of halogens is 1. The van der Waals surface area contributed by atoms with Crippen LogP contribution in [-0.2, 0) is 11.3 Å². The number of rotatable bonds is 5. The second kappa shape index (κ2) is 7.00. The Morgan fingerprint density at radius 1 is 1.24 bits per heavy atom. The molecule has 1 aromatic rings. The van der Waals surface area contributed by atoms with Crippen LogP contribution in [0.3, 0.4) is 0 Å². The van der Waals surface area contributed by atoms with Crippen LogP contribution in [0.4, 0.5) is 0 Å². The van der Waals surface area contributed by atoms with Gasteiger partial charge in [0.1, 0.15) is 0 Å². The summed E-state index contributed by atoms with van der Waals surface area (Å²) in [6, 6.07) is 8.50. The Bertz CT molecular complexity index is 319. The predicted octanol–water partition coefficient (Wildman–Crippen LogP) is 3.39. The van der Waals surface area contributed by atoms with Crippen LogP contribution in [0.2, 0.25) is 5.02 Å². The van der Waals surface area contributed by atoms with Gasteiger partial charge in [-0.3, -0.25) is 0 Å². The molecular weight excluding hydrogens is 234 g/mol. The van der Waals surface area contributed by atoms with Crippen LogP contribution in [0.1, 0.15) is 31.2 Å². The van der Waals surface area contributed by atoms with Gasteiger partial charge in [0.05, 0.1) is 6.61 Å². The molecule has 1 heterocycles. The topological polar surface area (TPSA) is 21.3 Å². The number of piperidine rings is 1. The average Bonchev–Trinajstić information content (AvgIpc) is 2.38. The Hall–Kier alpha value is -0.570. The van der Waals surface area contributed by atoms with Crippen LogP contribution < -0.4 is 5.32 Å². The summed E-state index contributed by atoms with van der Waals surface area (Å²) in [6.07, 6.45) is 5.09. The molecule has 0 aliphatic carbocycles. The molecule has 1 saturated heterocycles. The first-order valence-electron chi connectivity index (χ1n) is 6.40. The van der Waals surface area contributed by atoms with Gasteiger partial charge in [-0.25, -0.2) is 0 Å². The number of hydrogen-bond acceptors (Lipinski definition) is 2. The lowest BCUT2D eigenvalue weighted by molar-refractivity contribution is 0.108. The van der Waals surface area contributed by atoms with Gasteiger partial charge in [0.2, 0.25) is 0 Å². The first-order valence-corrected chi connectivity index (χ1v) is 6.78. The largest absolute Gasteiger partial charge is 0.377 e. The summed E-state index contributed by atoms with van der Waals surface area (Å²) in [5.74, 6) is 0. The average molecular weight is 254 g/mol. The highest BCUT2D eigenvalue weighted by atomic mass is 35.5. The molecule has 3 heteroatoms. The normalized spacial score (nSPS) is 20.4. The van der Waals surface area contributed by atoms with Gasteiger partial charge in [0.15, 0.2) is 0 Å². The molecule has 1 aromatic carbocycles. The van der Waals surface area contributed by atoms with Crippen molar-refractivity contribution >= 4 is 11.6 Å². The van der Waals surface area contributed by atoms with Gasteiger partial charge in [-0.2, -0.15) is 0 Å². The van der Waals surface area contributed by atoms with Crippen molar-refractivity contribution in [2.75, 3.05) is 13.2 Å². The molecule has 2 rings (SSSR count). The minimum atomic E-state index is 0.661. The Morgan fingerprint density at radius 3 is 2.76 bits per heavy atom. The molecule has 1 atom stereocenters. The standard InChI is InChI=1S/C14H20ClNO/c15-13-6-4-12(5-7-13)11-17-10-8-14-3-1-2-9-16-14/h4-7,14,16H,1-3,8-11H2. The van der Waals surface area contributed by atoms with Crippen molar-refractivity contribution in [1.82, 2.24) is 5.32 Å². The van der Waals surface area contributed by atoms with E-state index in [0.29, 0.717) is 12.6 Å². The molecule has 1 fully saturated rings. The summed E-state index contributed by atoms with van der Waals surface area (Å²) < 4.78 is 5.68. The van der Waals surface area contributed by atoms with Crippen molar-refractivity contribution < 1.29 is 4.74 Å². The maximum atomic E-state index is 5.83. The van der Waals surface area contributed by atoms with E-state index in [-0.39, 0.29) is 0 Å². The van der Waals surface area contributed by atoms with E-state index in [1.165, 1.54) is 31.4 Å². The second-order valence-corrected chi connectivity index (χ2v) is 5.05. The fourth-order valence-electron chi connectivity index (χ4n) is 2.17. The molecular formula is C14H20ClNO. The van der Waals surface area contributed by atoms with E-state index in [0.717, 1.165) is 18.1 Å². The number of benzene rings is 1. The number of nitrogens with one attached hydrogen (secondary N) is 1. The third kappa shape index (κ3) is 4.66. The van der Waals surface area contributed by atoms with Crippen LogP contribution in [0.25, 0.3) is 0 Å². The highest BCUT2D eigenvalue weighted by molar-refractivity contribution is 6.30. The minimum absolute atomic E-state index is 0.661. The molecule has 0 radical (unpaired) electrons. The van der Waals surface area contributed by atoms with E-state index in [4.69, 9.17) is 16.3 Å². The van der Waals surface area contributed by atoms with E-state index in [1.807, 2.05) is 24.3 Å². The number of ether oxygens (including phenoxy) is 1. The quantitative estimate of drug-likeness (QED) is 0.813. The lowest BCUT2D eigenvalue weighted by Gasteiger charge is -2.23. The first kappa shape index (κ1) is 12.9. The zero-order valence-electron chi connectivity index (χ0n) is 10.1. The van der Waals surface area contributed by atoms with Gasteiger partial charge >= 0.3 is 0 Å².